The fourth-order valence-electron chi connectivity index (χ4n) is 1.50. The molecule has 0 fully saturated rings. The average molecular weight is 237 g/mol. The third kappa shape index (κ3) is 5.71. The van der Waals surface area contributed by atoms with Gasteiger partial charge < -0.3 is 15.2 Å². The number of para-hydroxylation sites is 1. The first-order valence-electron chi connectivity index (χ1n) is 6.26. The summed E-state index contributed by atoms with van der Waals surface area (Å²) < 4.78 is 5.78. The van der Waals surface area contributed by atoms with Crippen molar-refractivity contribution in [2.24, 2.45) is 5.92 Å². The first-order chi connectivity index (χ1) is 8.24. The van der Waals surface area contributed by atoms with Crippen LogP contribution in [0.15, 0.2) is 24.3 Å². The summed E-state index contributed by atoms with van der Waals surface area (Å²) in [6.07, 6.45) is 1.07. The third-order valence-electron chi connectivity index (χ3n) is 2.53. The highest BCUT2D eigenvalue weighted by molar-refractivity contribution is 5.33. The molecule has 0 aliphatic heterocycles. The van der Waals surface area contributed by atoms with Gasteiger partial charge in [0.2, 0.25) is 0 Å². The van der Waals surface area contributed by atoms with Crippen molar-refractivity contribution in [1.82, 2.24) is 5.32 Å². The molecule has 0 aromatic heterocycles. The van der Waals surface area contributed by atoms with Gasteiger partial charge in [-0.2, -0.15) is 0 Å². The van der Waals surface area contributed by atoms with E-state index in [4.69, 9.17) is 9.84 Å². The Labute approximate surface area is 104 Å². The maximum Gasteiger partial charge on any atom is 0.123 e. The van der Waals surface area contributed by atoms with Gasteiger partial charge in [-0.15, -0.1) is 0 Å². The van der Waals surface area contributed by atoms with Crippen LogP contribution in [0, 0.1) is 5.92 Å². The van der Waals surface area contributed by atoms with Crippen LogP contribution in [-0.4, -0.2) is 24.9 Å². The Morgan fingerprint density at radius 1 is 1.29 bits per heavy atom. The molecule has 0 unspecified atom stereocenters. The molecule has 0 aliphatic rings. The van der Waals surface area contributed by atoms with Crippen molar-refractivity contribution in [3.8, 4) is 5.75 Å². The van der Waals surface area contributed by atoms with Gasteiger partial charge in [0.15, 0.2) is 0 Å². The standard InChI is InChI=1S/C14H23NO2/c1-12(2)7-10-17-14-6-4-3-5-13(14)11-15-8-9-16/h3-6,12,15-16H,7-11H2,1-2H3. The number of hydrogen-bond donors (Lipinski definition) is 2. The van der Waals surface area contributed by atoms with Gasteiger partial charge in [-0.3, -0.25) is 0 Å². The van der Waals surface area contributed by atoms with Gasteiger partial charge in [-0.05, 0) is 18.4 Å². The lowest BCUT2D eigenvalue weighted by molar-refractivity contribution is 0.281. The molecule has 17 heavy (non-hydrogen) atoms. The lowest BCUT2D eigenvalue weighted by Gasteiger charge is -2.12. The Kier molecular flexibility index (Phi) is 6.67. The molecule has 3 nitrogen and oxygen atoms in total. The Bertz CT molecular complexity index is 313. The smallest absolute Gasteiger partial charge is 0.123 e. The van der Waals surface area contributed by atoms with Crippen molar-refractivity contribution in [2.75, 3.05) is 19.8 Å². The van der Waals surface area contributed by atoms with E-state index in [1.807, 2.05) is 18.2 Å². The van der Waals surface area contributed by atoms with E-state index in [0.29, 0.717) is 12.5 Å². The lowest BCUT2D eigenvalue weighted by atomic mass is 10.1. The summed E-state index contributed by atoms with van der Waals surface area (Å²) in [4.78, 5) is 0. The Hall–Kier alpha value is -1.06. The van der Waals surface area contributed by atoms with Gasteiger partial charge in [0.25, 0.3) is 0 Å². The van der Waals surface area contributed by atoms with Gasteiger partial charge in [0, 0.05) is 18.7 Å². The van der Waals surface area contributed by atoms with Crippen molar-refractivity contribution in [2.45, 2.75) is 26.8 Å². The van der Waals surface area contributed by atoms with Crippen LogP contribution < -0.4 is 10.1 Å². The number of benzene rings is 1. The molecule has 0 amide bonds. The lowest BCUT2D eigenvalue weighted by Crippen LogP contribution is -2.18. The predicted octanol–water partition coefficient (Wildman–Crippen LogP) is 2.19. The van der Waals surface area contributed by atoms with E-state index in [2.05, 4.69) is 25.2 Å². The minimum atomic E-state index is 0.163. The molecule has 1 rings (SSSR count). The molecule has 0 aliphatic carbocycles. The highest BCUT2D eigenvalue weighted by Gasteiger charge is 2.02. The third-order valence-corrected chi connectivity index (χ3v) is 2.53. The Morgan fingerprint density at radius 2 is 2.06 bits per heavy atom. The molecule has 0 bridgehead atoms. The van der Waals surface area contributed by atoms with E-state index >= 15 is 0 Å². The quantitative estimate of drug-likeness (QED) is 0.681. The topological polar surface area (TPSA) is 41.5 Å². The molecule has 96 valence electrons. The van der Waals surface area contributed by atoms with Crippen LogP contribution in [0.5, 0.6) is 5.75 Å². The van der Waals surface area contributed by atoms with Crippen LogP contribution in [0.1, 0.15) is 25.8 Å². The summed E-state index contributed by atoms with van der Waals surface area (Å²) in [5.41, 5.74) is 1.14. The number of nitrogens with one attached hydrogen (secondary N) is 1. The number of ether oxygens (including phenoxy) is 1. The highest BCUT2D eigenvalue weighted by atomic mass is 16.5. The summed E-state index contributed by atoms with van der Waals surface area (Å²) in [6.45, 7) is 6.65. The Balaban J connectivity index is 2.46. The van der Waals surface area contributed by atoms with Crippen molar-refractivity contribution in [3.63, 3.8) is 0 Å². The zero-order valence-electron chi connectivity index (χ0n) is 10.8. The van der Waals surface area contributed by atoms with Crippen molar-refractivity contribution in [3.05, 3.63) is 29.8 Å². The summed E-state index contributed by atoms with van der Waals surface area (Å²) in [5.74, 6) is 1.60. The largest absolute Gasteiger partial charge is 0.493 e. The van der Waals surface area contributed by atoms with Gasteiger partial charge in [-0.25, -0.2) is 0 Å². The van der Waals surface area contributed by atoms with Gasteiger partial charge in [-0.1, -0.05) is 32.0 Å². The number of hydrogen-bond acceptors (Lipinski definition) is 3. The molecule has 0 atom stereocenters. The van der Waals surface area contributed by atoms with E-state index in [0.717, 1.165) is 30.9 Å². The van der Waals surface area contributed by atoms with Crippen LogP contribution in [0.3, 0.4) is 0 Å². The second-order valence-corrected chi connectivity index (χ2v) is 4.54. The molecule has 0 saturated carbocycles. The zero-order valence-corrected chi connectivity index (χ0v) is 10.8. The second kappa shape index (κ2) is 8.09. The van der Waals surface area contributed by atoms with Crippen molar-refractivity contribution < 1.29 is 9.84 Å². The second-order valence-electron chi connectivity index (χ2n) is 4.54. The first-order valence-corrected chi connectivity index (χ1v) is 6.26. The van der Waals surface area contributed by atoms with Crippen molar-refractivity contribution in [1.29, 1.82) is 0 Å². The van der Waals surface area contributed by atoms with Crippen LogP contribution in [0.25, 0.3) is 0 Å². The average Bonchev–Trinajstić information content (AvgIpc) is 2.31. The molecule has 1 aromatic carbocycles. The molecule has 0 spiro atoms. The summed E-state index contributed by atoms with van der Waals surface area (Å²) in [5, 5.41) is 11.9. The fourth-order valence-corrected chi connectivity index (χ4v) is 1.50. The Morgan fingerprint density at radius 3 is 2.76 bits per heavy atom. The molecular weight excluding hydrogens is 214 g/mol. The highest BCUT2D eigenvalue weighted by Crippen LogP contribution is 2.18. The molecular formula is C14H23NO2. The fraction of sp³-hybridized carbons (Fsp3) is 0.571. The molecule has 2 N–H and O–H groups in total. The number of aliphatic hydroxyl groups excluding tert-OH is 1. The molecule has 0 radical (unpaired) electrons. The van der Waals surface area contributed by atoms with Crippen molar-refractivity contribution >= 4 is 0 Å². The summed E-state index contributed by atoms with van der Waals surface area (Å²) in [6, 6.07) is 8.04. The van der Waals surface area contributed by atoms with E-state index < -0.39 is 0 Å². The zero-order chi connectivity index (χ0) is 12.5. The van der Waals surface area contributed by atoms with E-state index in [9.17, 15) is 0 Å². The van der Waals surface area contributed by atoms with Crippen LogP contribution in [-0.2, 0) is 6.54 Å². The van der Waals surface area contributed by atoms with Gasteiger partial charge >= 0.3 is 0 Å². The summed E-state index contributed by atoms with van der Waals surface area (Å²) in [7, 11) is 0. The minimum Gasteiger partial charge on any atom is -0.493 e. The first kappa shape index (κ1) is 14.0. The van der Waals surface area contributed by atoms with Crippen LogP contribution >= 0.6 is 0 Å². The van der Waals surface area contributed by atoms with Crippen LogP contribution in [0.2, 0.25) is 0 Å². The van der Waals surface area contributed by atoms with E-state index in [1.165, 1.54) is 0 Å². The SMILES string of the molecule is CC(C)CCOc1ccccc1CNCCO. The van der Waals surface area contributed by atoms with E-state index in [1.54, 1.807) is 0 Å². The monoisotopic (exact) mass is 237 g/mol. The number of aliphatic hydroxyl groups is 1. The molecule has 3 heteroatoms. The van der Waals surface area contributed by atoms with Gasteiger partial charge in [0.1, 0.15) is 5.75 Å². The molecule has 1 aromatic rings. The number of rotatable bonds is 8. The van der Waals surface area contributed by atoms with E-state index in [-0.39, 0.29) is 6.61 Å². The van der Waals surface area contributed by atoms with Gasteiger partial charge in [0.05, 0.1) is 13.2 Å². The predicted molar refractivity (Wildman–Crippen MR) is 70.2 cm³/mol. The van der Waals surface area contributed by atoms with Crippen LogP contribution in [0.4, 0.5) is 0 Å². The maximum atomic E-state index is 8.72. The maximum absolute atomic E-state index is 8.72. The normalized spacial score (nSPS) is 10.8. The molecule has 0 saturated heterocycles. The minimum absolute atomic E-state index is 0.163. The summed E-state index contributed by atoms with van der Waals surface area (Å²) >= 11 is 0. The molecule has 0 heterocycles.